The number of halogens is 1. The number of nitrogens with zero attached hydrogens (tertiary/aromatic N) is 1. The molecule has 0 saturated heterocycles. The minimum Gasteiger partial charge on any atom is -0.312 e. The number of sulfonamides is 1. The highest BCUT2D eigenvalue weighted by Crippen LogP contribution is 2.30. The Labute approximate surface area is 159 Å². The molecule has 2 aromatic carbocycles. The van der Waals surface area contributed by atoms with Gasteiger partial charge in [-0.25, -0.2) is 13.1 Å². The third-order valence-corrected chi connectivity index (χ3v) is 6.45. The van der Waals surface area contributed by atoms with E-state index >= 15 is 0 Å². The number of nitrogens with one attached hydrogen (secondary N) is 1. The summed E-state index contributed by atoms with van der Waals surface area (Å²) in [6.45, 7) is 3.94. The highest BCUT2D eigenvalue weighted by Gasteiger charge is 2.24. The molecule has 1 unspecified atom stereocenters. The van der Waals surface area contributed by atoms with Crippen LogP contribution in [0.5, 0.6) is 0 Å². The van der Waals surface area contributed by atoms with Crippen LogP contribution < -0.4 is 9.62 Å². The quantitative estimate of drug-likeness (QED) is 0.863. The first kappa shape index (κ1) is 18.9. The molecule has 0 bridgehead atoms. The maximum atomic E-state index is 12.8. The van der Waals surface area contributed by atoms with Crippen molar-refractivity contribution in [2.45, 2.75) is 37.6 Å². The Balaban J connectivity index is 1.88. The summed E-state index contributed by atoms with van der Waals surface area (Å²) in [4.78, 5) is 13.6. The number of fused-ring (bicyclic) bond motifs is 1. The summed E-state index contributed by atoms with van der Waals surface area (Å²) in [5, 5.41) is 0.519. The summed E-state index contributed by atoms with van der Waals surface area (Å²) < 4.78 is 28.3. The molecule has 0 fully saturated rings. The van der Waals surface area contributed by atoms with Gasteiger partial charge in [0.1, 0.15) is 0 Å². The van der Waals surface area contributed by atoms with Crippen molar-refractivity contribution in [2.24, 2.45) is 0 Å². The van der Waals surface area contributed by atoms with Gasteiger partial charge in [0.2, 0.25) is 15.9 Å². The number of carbonyl (C=O) groups excluding carboxylic acids is 1. The third-order valence-electron chi connectivity index (χ3n) is 4.56. The van der Waals surface area contributed by atoms with E-state index in [9.17, 15) is 13.2 Å². The minimum atomic E-state index is -3.71. The van der Waals surface area contributed by atoms with Crippen molar-refractivity contribution < 1.29 is 13.2 Å². The van der Waals surface area contributed by atoms with E-state index in [2.05, 4.69) is 4.72 Å². The molecule has 7 heteroatoms. The predicted octanol–water partition coefficient (Wildman–Crippen LogP) is 3.68. The highest BCUT2D eigenvalue weighted by atomic mass is 35.5. The fourth-order valence-corrected chi connectivity index (χ4v) is 4.83. The Kier molecular flexibility index (Phi) is 5.37. The first-order valence-electron chi connectivity index (χ1n) is 8.47. The van der Waals surface area contributed by atoms with Crippen molar-refractivity contribution in [3.05, 3.63) is 58.6 Å². The number of amides is 1. The van der Waals surface area contributed by atoms with E-state index < -0.39 is 16.1 Å². The molecule has 138 valence electrons. The van der Waals surface area contributed by atoms with E-state index in [4.69, 9.17) is 11.6 Å². The molecular formula is C19H21ClN2O3S. The smallest absolute Gasteiger partial charge is 0.241 e. The number of rotatable bonds is 4. The van der Waals surface area contributed by atoms with Crippen LogP contribution in [-0.4, -0.2) is 20.9 Å². The minimum absolute atomic E-state index is 0.0352. The van der Waals surface area contributed by atoms with Crippen LogP contribution in [0, 0.1) is 0 Å². The van der Waals surface area contributed by atoms with Gasteiger partial charge in [0.25, 0.3) is 0 Å². The van der Waals surface area contributed by atoms with Crippen LogP contribution in [-0.2, 0) is 21.2 Å². The highest BCUT2D eigenvalue weighted by molar-refractivity contribution is 7.89. The molecule has 2 aromatic rings. The molecule has 0 aromatic heterocycles. The summed E-state index contributed by atoms with van der Waals surface area (Å²) in [7, 11) is -3.71. The van der Waals surface area contributed by atoms with Crippen molar-refractivity contribution in [1.82, 2.24) is 4.72 Å². The Hall–Kier alpha value is -1.89. The topological polar surface area (TPSA) is 66.5 Å². The number of hydrogen-bond acceptors (Lipinski definition) is 3. The van der Waals surface area contributed by atoms with E-state index in [1.54, 1.807) is 48.2 Å². The second-order valence-electron chi connectivity index (χ2n) is 6.43. The zero-order valence-electron chi connectivity index (χ0n) is 14.7. The molecule has 1 N–H and O–H groups in total. The number of anilines is 1. The van der Waals surface area contributed by atoms with Crippen molar-refractivity contribution in [2.75, 3.05) is 11.4 Å². The normalized spacial score (nSPS) is 15.4. The van der Waals surface area contributed by atoms with Gasteiger partial charge in [0, 0.05) is 30.2 Å². The van der Waals surface area contributed by atoms with Gasteiger partial charge in [0.15, 0.2) is 0 Å². The lowest BCUT2D eigenvalue weighted by molar-refractivity contribution is -0.116. The predicted molar refractivity (Wildman–Crippen MR) is 103 cm³/mol. The average molecular weight is 393 g/mol. The lowest BCUT2D eigenvalue weighted by atomic mass is 10.0. The molecule has 1 aliphatic rings. The van der Waals surface area contributed by atoms with E-state index in [0.29, 0.717) is 11.6 Å². The number of benzene rings is 2. The van der Waals surface area contributed by atoms with Gasteiger partial charge in [-0.1, -0.05) is 29.8 Å². The van der Waals surface area contributed by atoms with E-state index in [1.165, 1.54) is 6.92 Å². The average Bonchev–Trinajstić information content (AvgIpc) is 2.60. The SMILES string of the molecule is CC(=O)N1CCCc2cc(S(=O)(=O)NC(C)c3ccccc3Cl)ccc21. The van der Waals surface area contributed by atoms with Crippen LogP contribution in [0.3, 0.4) is 0 Å². The van der Waals surface area contributed by atoms with Crippen molar-refractivity contribution >= 4 is 33.2 Å². The zero-order valence-corrected chi connectivity index (χ0v) is 16.3. The van der Waals surface area contributed by atoms with Crippen LogP contribution in [0.2, 0.25) is 5.02 Å². The molecular weight excluding hydrogens is 372 g/mol. The second-order valence-corrected chi connectivity index (χ2v) is 8.55. The van der Waals surface area contributed by atoms with Crippen LogP contribution in [0.15, 0.2) is 47.4 Å². The molecule has 0 spiro atoms. The third kappa shape index (κ3) is 3.77. The molecule has 0 saturated carbocycles. The van der Waals surface area contributed by atoms with Gasteiger partial charge in [0.05, 0.1) is 4.90 Å². The maximum Gasteiger partial charge on any atom is 0.241 e. The van der Waals surface area contributed by atoms with Gasteiger partial charge in [-0.15, -0.1) is 0 Å². The fraction of sp³-hybridized carbons (Fsp3) is 0.316. The largest absolute Gasteiger partial charge is 0.312 e. The molecule has 1 aliphatic heterocycles. The monoisotopic (exact) mass is 392 g/mol. The maximum absolute atomic E-state index is 12.8. The van der Waals surface area contributed by atoms with Crippen LogP contribution >= 0.6 is 11.6 Å². The van der Waals surface area contributed by atoms with E-state index in [1.807, 2.05) is 6.07 Å². The summed E-state index contributed by atoms with van der Waals surface area (Å²) in [6, 6.07) is 11.6. The number of carbonyl (C=O) groups is 1. The first-order valence-corrected chi connectivity index (χ1v) is 10.3. The standard InChI is InChI=1S/C19H21ClN2O3S/c1-13(17-7-3-4-8-18(17)20)21-26(24,25)16-9-10-19-15(12-16)6-5-11-22(19)14(2)23/h3-4,7-10,12-13,21H,5-6,11H2,1-2H3. The van der Waals surface area contributed by atoms with Gasteiger partial charge in [-0.05, 0) is 55.2 Å². The van der Waals surface area contributed by atoms with Crippen molar-refractivity contribution in [3.8, 4) is 0 Å². The van der Waals surface area contributed by atoms with Crippen LogP contribution in [0.1, 0.15) is 37.4 Å². The number of hydrogen-bond donors (Lipinski definition) is 1. The molecule has 5 nitrogen and oxygen atoms in total. The van der Waals surface area contributed by atoms with Gasteiger partial charge < -0.3 is 4.90 Å². The Morgan fingerprint density at radius 2 is 1.96 bits per heavy atom. The van der Waals surface area contributed by atoms with Crippen molar-refractivity contribution in [1.29, 1.82) is 0 Å². The molecule has 26 heavy (non-hydrogen) atoms. The number of aryl methyl sites for hydroxylation is 1. The van der Waals surface area contributed by atoms with Crippen LogP contribution in [0.25, 0.3) is 0 Å². The Morgan fingerprint density at radius 3 is 2.65 bits per heavy atom. The molecule has 1 heterocycles. The molecule has 1 atom stereocenters. The summed E-state index contributed by atoms with van der Waals surface area (Å²) in [6.07, 6.45) is 1.57. The molecule has 0 radical (unpaired) electrons. The summed E-state index contributed by atoms with van der Waals surface area (Å²) in [5.74, 6) is -0.0352. The summed E-state index contributed by atoms with van der Waals surface area (Å²) >= 11 is 6.16. The summed E-state index contributed by atoms with van der Waals surface area (Å²) in [5.41, 5.74) is 2.39. The zero-order chi connectivity index (χ0) is 18.9. The van der Waals surface area contributed by atoms with E-state index in [0.717, 1.165) is 29.7 Å². The van der Waals surface area contributed by atoms with Gasteiger partial charge in [-0.2, -0.15) is 0 Å². The lowest BCUT2D eigenvalue weighted by Crippen LogP contribution is -2.34. The Morgan fingerprint density at radius 1 is 1.23 bits per heavy atom. The van der Waals surface area contributed by atoms with Crippen LogP contribution in [0.4, 0.5) is 5.69 Å². The first-order chi connectivity index (χ1) is 12.3. The second kappa shape index (κ2) is 7.39. The van der Waals surface area contributed by atoms with Gasteiger partial charge in [-0.3, -0.25) is 4.79 Å². The Bertz CT molecular complexity index is 944. The fourth-order valence-electron chi connectivity index (χ4n) is 3.26. The molecule has 1 amide bonds. The molecule has 3 rings (SSSR count). The van der Waals surface area contributed by atoms with Crippen molar-refractivity contribution in [3.63, 3.8) is 0 Å². The molecule has 0 aliphatic carbocycles. The van der Waals surface area contributed by atoms with Gasteiger partial charge >= 0.3 is 0 Å². The lowest BCUT2D eigenvalue weighted by Gasteiger charge is -2.29. The van der Waals surface area contributed by atoms with E-state index in [-0.39, 0.29) is 10.8 Å².